The lowest BCUT2D eigenvalue weighted by Gasteiger charge is -2.28. The van der Waals surface area contributed by atoms with Crippen LogP contribution in [0, 0.1) is 0 Å². The van der Waals surface area contributed by atoms with E-state index in [1.165, 1.54) is 12.8 Å². The van der Waals surface area contributed by atoms with Crippen LogP contribution in [0.2, 0.25) is 5.28 Å². The van der Waals surface area contributed by atoms with Gasteiger partial charge in [0, 0.05) is 25.7 Å². The molecule has 1 saturated heterocycles. The van der Waals surface area contributed by atoms with Gasteiger partial charge in [-0.2, -0.15) is 15.0 Å². The highest BCUT2D eigenvalue weighted by molar-refractivity contribution is 6.28. The fourth-order valence-electron chi connectivity index (χ4n) is 2.31. The predicted octanol–water partition coefficient (Wildman–Crippen LogP) is 1.35. The van der Waals surface area contributed by atoms with Crippen molar-refractivity contribution in [3.8, 4) is 0 Å². The summed E-state index contributed by atoms with van der Waals surface area (Å²) in [6.45, 7) is 6.03. The fourth-order valence-corrected chi connectivity index (χ4v) is 2.46. The zero-order chi connectivity index (χ0) is 13.2. The average Bonchev–Trinajstić information content (AvgIpc) is 3.25. The number of ether oxygens (including phenoxy) is 1. The van der Waals surface area contributed by atoms with Crippen LogP contribution in [-0.2, 0) is 4.74 Å². The molecule has 6 nitrogen and oxygen atoms in total. The number of aromatic nitrogens is 3. The van der Waals surface area contributed by atoms with E-state index in [1.54, 1.807) is 0 Å². The highest BCUT2D eigenvalue weighted by Gasteiger charge is 2.30. The first-order chi connectivity index (χ1) is 9.28. The van der Waals surface area contributed by atoms with Gasteiger partial charge in [-0.25, -0.2) is 0 Å². The van der Waals surface area contributed by atoms with Crippen molar-refractivity contribution in [2.45, 2.75) is 25.8 Å². The van der Waals surface area contributed by atoms with Crippen LogP contribution < -0.4 is 9.80 Å². The molecule has 1 aromatic heterocycles. The first kappa shape index (κ1) is 12.9. The molecule has 1 aliphatic carbocycles. The molecule has 0 spiro atoms. The van der Waals surface area contributed by atoms with Gasteiger partial charge in [-0.05, 0) is 31.4 Å². The second-order valence-corrected chi connectivity index (χ2v) is 5.16. The van der Waals surface area contributed by atoms with Gasteiger partial charge >= 0.3 is 0 Å². The Bertz CT molecular complexity index is 448. The molecule has 19 heavy (non-hydrogen) atoms. The van der Waals surface area contributed by atoms with E-state index in [1.807, 2.05) is 0 Å². The van der Waals surface area contributed by atoms with Crippen molar-refractivity contribution >= 4 is 23.5 Å². The van der Waals surface area contributed by atoms with Gasteiger partial charge in [0.25, 0.3) is 0 Å². The minimum atomic E-state index is 0.269. The lowest BCUT2D eigenvalue weighted by atomic mass is 10.4. The lowest BCUT2D eigenvalue weighted by molar-refractivity contribution is 0.122. The van der Waals surface area contributed by atoms with Gasteiger partial charge in [0.2, 0.25) is 17.2 Å². The first-order valence-electron chi connectivity index (χ1n) is 6.79. The van der Waals surface area contributed by atoms with Crippen LogP contribution in [0.15, 0.2) is 0 Å². The largest absolute Gasteiger partial charge is 0.378 e. The Morgan fingerprint density at radius 2 is 2.00 bits per heavy atom. The summed E-state index contributed by atoms with van der Waals surface area (Å²) < 4.78 is 5.34. The molecule has 0 unspecified atom stereocenters. The summed E-state index contributed by atoms with van der Waals surface area (Å²) >= 11 is 6.05. The van der Waals surface area contributed by atoms with Gasteiger partial charge in [0.1, 0.15) is 0 Å². The first-order valence-corrected chi connectivity index (χ1v) is 7.16. The summed E-state index contributed by atoms with van der Waals surface area (Å²) in [4.78, 5) is 17.4. The van der Waals surface area contributed by atoms with Crippen molar-refractivity contribution < 1.29 is 4.74 Å². The van der Waals surface area contributed by atoms with E-state index in [0.717, 1.165) is 19.6 Å². The van der Waals surface area contributed by atoms with Crippen LogP contribution in [-0.4, -0.2) is 53.8 Å². The predicted molar refractivity (Wildman–Crippen MR) is 73.9 cm³/mol. The summed E-state index contributed by atoms with van der Waals surface area (Å²) in [5, 5.41) is 0.269. The van der Waals surface area contributed by atoms with Crippen molar-refractivity contribution in [3.05, 3.63) is 5.28 Å². The minimum Gasteiger partial charge on any atom is -0.378 e. The van der Waals surface area contributed by atoms with Crippen LogP contribution in [0.5, 0.6) is 0 Å². The molecule has 0 atom stereocenters. The van der Waals surface area contributed by atoms with E-state index >= 15 is 0 Å². The summed E-state index contributed by atoms with van der Waals surface area (Å²) in [6.07, 6.45) is 2.42. The highest BCUT2D eigenvalue weighted by atomic mass is 35.5. The SMILES string of the molecule is CCN(c1nc(Cl)nc(N2CCOCC2)n1)C1CC1. The Hall–Kier alpha value is -1.14. The van der Waals surface area contributed by atoms with E-state index < -0.39 is 0 Å². The third-order valence-electron chi connectivity index (χ3n) is 3.46. The third-order valence-corrected chi connectivity index (χ3v) is 3.63. The maximum absolute atomic E-state index is 6.05. The van der Waals surface area contributed by atoms with Crippen molar-refractivity contribution in [2.24, 2.45) is 0 Å². The van der Waals surface area contributed by atoms with E-state index in [0.29, 0.717) is 31.2 Å². The smallest absolute Gasteiger partial charge is 0.231 e. The van der Waals surface area contributed by atoms with Crippen molar-refractivity contribution in [1.29, 1.82) is 0 Å². The molecule has 7 heteroatoms. The van der Waals surface area contributed by atoms with Crippen molar-refractivity contribution in [1.82, 2.24) is 15.0 Å². The molecular formula is C12H18ClN5O. The Morgan fingerprint density at radius 3 is 2.63 bits per heavy atom. The summed E-state index contributed by atoms with van der Waals surface area (Å²) in [6, 6.07) is 0.570. The maximum atomic E-state index is 6.05. The van der Waals surface area contributed by atoms with Crippen LogP contribution in [0.3, 0.4) is 0 Å². The number of anilines is 2. The second kappa shape index (κ2) is 5.46. The van der Waals surface area contributed by atoms with Gasteiger partial charge in [0.05, 0.1) is 13.2 Å². The fraction of sp³-hybridized carbons (Fsp3) is 0.750. The Balaban J connectivity index is 1.86. The van der Waals surface area contributed by atoms with Gasteiger partial charge in [0.15, 0.2) is 0 Å². The number of morpholine rings is 1. The number of hydrogen-bond acceptors (Lipinski definition) is 6. The van der Waals surface area contributed by atoms with Crippen molar-refractivity contribution in [3.63, 3.8) is 0 Å². The molecule has 0 amide bonds. The summed E-state index contributed by atoms with van der Waals surface area (Å²) in [7, 11) is 0. The molecule has 0 bridgehead atoms. The van der Waals surface area contributed by atoms with Crippen LogP contribution in [0.1, 0.15) is 19.8 Å². The summed E-state index contributed by atoms with van der Waals surface area (Å²) in [5.41, 5.74) is 0. The molecule has 0 N–H and O–H groups in total. The van der Waals surface area contributed by atoms with Gasteiger partial charge in [-0.1, -0.05) is 0 Å². The number of rotatable bonds is 4. The third kappa shape index (κ3) is 2.90. The molecule has 0 radical (unpaired) electrons. The zero-order valence-electron chi connectivity index (χ0n) is 11.0. The number of hydrogen-bond donors (Lipinski definition) is 0. The molecule has 0 aromatic carbocycles. The molecule has 3 rings (SSSR count). The van der Waals surface area contributed by atoms with Gasteiger partial charge in [-0.15, -0.1) is 0 Å². The Kier molecular flexibility index (Phi) is 3.70. The second-order valence-electron chi connectivity index (χ2n) is 4.82. The highest BCUT2D eigenvalue weighted by Crippen LogP contribution is 2.30. The topological polar surface area (TPSA) is 54.4 Å². The van der Waals surface area contributed by atoms with E-state index in [4.69, 9.17) is 16.3 Å². The maximum Gasteiger partial charge on any atom is 0.231 e. The van der Waals surface area contributed by atoms with Crippen LogP contribution in [0.4, 0.5) is 11.9 Å². The molecule has 2 aliphatic rings. The van der Waals surface area contributed by atoms with E-state index in [9.17, 15) is 0 Å². The van der Waals surface area contributed by atoms with Crippen molar-refractivity contribution in [2.75, 3.05) is 42.6 Å². The summed E-state index contributed by atoms with van der Waals surface area (Å²) in [5.74, 6) is 1.36. The van der Waals surface area contributed by atoms with E-state index in [2.05, 4.69) is 31.7 Å². The standard InChI is InChI=1S/C12H18ClN5O/c1-2-18(9-3-4-9)12-15-10(13)14-11(16-12)17-5-7-19-8-6-17/h9H,2-8H2,1H3. The molecule has 2 fully saturated rings. The van der Waals surface area contributed by atoms with Crippen LogP contribution >= 0.6 is 11.6 Å². The molecule has 1 saturated carbocycles. The van der Waals surface area contributed by atoms with Gasteiger partial charge in [-0.3, -0.25) is 0 Å². The Labute approximate surface area is 117 Å². The number of nitrogens with zero attached hydrogens (tertiary/aromatic N) is 5. The minimum absolute atomic E-state index is 0.269. The molecule has 104 valence electrons. The average molecular weight is 284 g/mol. The van der Waals surface area contributed by atoms with E-state index in [-0.39, 0.29) is 5.28 Å². The molecule has 2 heterocycles. The monoisotopic (exact) mass is 283 g/mol. The normalized spacial score (nSPS) is 19.6. The van der Waals surface area contributed by atoms with Crippen LogP contribution in [0.25, 0.3) is 0 Å². The molecular weight excluding hydrogens is 266 g/mol. The Morgan fingerprint density at radius 1 is 1.26 bits per heavy atom. The van der Waals surface area contributed by atoms with Gasteiger partial charge < -0.3 is 14.5 Å². The number of halogens is 1. The lowest BCUT2D eigenvalue weighted by Crippen LogP contribution is -2.38. The quantitative estimate of drug-likeness (QED) is 0.831. The molecule has 1 aliphatic heterocycles. The molecule has 1 aromatic rings. The zero-order valence-corrected chi connectivity index (χ0v) is 11.8.